The molecule has 2 N–H and O–H groups in total. The van der Waals surface area contributed by atoms with Crippen molar-refractivity contribution in [2.24, 2.45) is 0 Å². The number of hydrogen-bond acceptors (Lipinski definition) is 3. The molecule has 9 heteroatoms. The molecule has 0 radical (unpaired) electrons. The molecule has 1 heterocycles. The van der Waals surface area contributed by atoms with Gasteiger partial charge < -0.3 is 10.4 Å². The Bertz CT molecular complexity index is 754. The quantitative estimate of drug-likeness (QED) is 0.674. The molecule has 114 valence electrons. The Morgan fingerprint density at radius 2 is 1.68 bits per heavy atom. The molecule has 22 heavy (non-hydrogen) atoms. The maximum Gasteiger partial charge on any atom is 0.338 e. The van der Waals surface area contributed by atoms with E-state index >= 15 is 0 Å². The fourth-order valence-corrected chi connectivity index (χ4v) is 1.61. The number of carbonyl (C=O) groups is 2. The third-order valence-electron chi connectivity index (χ3n) is 2.60. The summed E-state index contributed by atoms with van der Waals surface area (Å²) in [4.78, 5) is 26.3. The minimum atomic E-state index is -1.82. The van der Waals surface area contributed by atoms with Gasteiger partial charge in [0.2, 0.25) is 0 Å². The SMILES string of the molecule is O=C(O)c1cccnc1C(=O)Nc1c(F)c(F)cc(F)c1F. The number of amides is 1. The van der Waals surface area contributed by atoms with E-state index in [0.29, 0.717) is 0 Å². The van der Waals surface area contributed by atoms with E-state index in [9.17, 15) is 27.2 Å². The molecule has 1 aromatic heterocycles. The van der Waals surface area contributed by atoms with Gasteiger partial charge in [-0.25, -0.2) is 22.4 Å². The molecule has 2 rings (SSSR count). The topological polar surface area (TPSA) is 79.3 Å². The highest BCUT2D eigenvalue weighted by molar-refractivity contribution is 6.09. The average Bonchev–Trinajstić information content (AvgIpc) is 2.49. The van der Waals surface area contributed by atoms with Crippen molar-refractivity contribution in [1.29, 1.82) is 0 Å². The summed E-state index contributed by atoms with van der Waals surface area (Å²) in [6.07, 6.45) is 1.07. The first-order valence-corrected chi connectivity index (χ1v) is 5.65. The van der Waals surface area contributed by atoms with Crippen molar-refractivity contribution >= 4 is 17.6 Å². The molecule has 0 atom stereocenters. The van der Waals surface area contributed by atoms with Gasteiger partial charge in [-0.3, -0.25) is 9.78 Å². The molecule has 1 aromatic carbocycles. The van der Waals surface area contributed by atoms with Gasteiger partial charge in [0.05, 0.1) is 5.56 Å². The lowest BCUT2D eigenvalue weighted by molar-refractivity contribution is 0.0691. The van der Waals surface area contributed by atoms with Gasteiger partial charge in [0.1, 0.15) is 11.4 Å². The van der Waals surface area contributed by atoms with Crippen LogP contribution in [0.4, 0.5) is 23.2 Å². The van der Waals surface area contributed by atoms with Crippen molar-refractivity contribution in [3.63, 3.8) is 0 Å². The Labute approximate surface area is 120 Å². The van der Waals surface area contributed by atoms with Gasteiger partial charge in [-0.1, -0.05) is 0 Å². The molecule has 0 saturated heterocycles. The molecule has 0 aliphatic carbocycles. The Morgan fingerprint density at radius 1 is 1.09 bits per heavy atom. The van der Waals surface area contributed by atoms with Crippen molar-refractivity contribution in [3.05, 3.63) is 58.9 Å². The molecular weight excluding hydrogens is 308 g/mol. The number of benzene rings is 1. The molecular formula is C13H6F4N2O3. The number of aromatic carboxylic acids is 1. The number of pyridine rings is 1. The van der Waals surface area contributed by atoms with Crippen molar-refractivity contribution in [2.75, 3.05) is 5.32 Å². The van der Waals surface area contributed by atoms with Crippen LogP contribution in [0.25, 0.3) is 0 Å². The molecule has 0 spiro atoms. The smallest absolute Gasteiger partial charge is 0.338 e. The van der Waals surface area contributed by atoms with Crippen molar-refractivity contribution in [1.82, 2.24) is 4.98 Å². The zero-order valence-corrected chi connectivity index (χ0v) is 10.5. The summed E-state index contributed by atoms with van der Waals surface area (Å²) in [5.41, 5.74) is -2.58. The zero-order chi connectivity index (χ0) is 16.4. The lowest BCUT2D eigenvalue weighted by Gasteiger charge is -2.09. The Balaban J connectivity index is 2.45. The lowest BCUT2D eigenvalue weighted by Crippen LogP contribution is -2.20. The van der Waals surface area contributed by atoms with Gasteiger partial charge >= 0.3 is 5.97 Å². The number of carboxylic acids is 1. The summed E-state index contributed by atoms with van der Waals surface area (Å²) in [5.74, 6) is -9.91. The summed E-state index contributed by atoms with van der Waals surface area (Å²) >= 11 is 0. The normalized spacial score (nSPS) is 10.4. The van der Waals surface area contributed by atoms with Crippen LogP contribution in [-0.4, -0.2) is 22.0 Å². The van der Waals surface area contributed by atoms with Gasteiger partial charge in [-0.15, -0.1) is 0 Å². The number of carbonyl (C=O) groups excluding carboxylic acids is 1. The van der Waals surface area contributed by atoms with Gasteiger partial charge in [0.15, 0.2) is 23.3 Å². The van der Waals surface area contributed by atoms with Crippen LogP contribution in [-0.2, 0) is 0 Å². The van der Waals surface area contributed by atoms with Crippen LogP contribution in [0.1, 0.15) is 20.8 Å². The van der Waals surface area contributed by atoms with E-state index in [-0.39, 0.29) is 6.07 Å². The second kappa shape index (κ2) is 5.80. The fraction of sp³-hybridized carbons (Fsp3) is 0. The first-order chi connectivity index (χ1) is 10.3. The molecule has 0 unspecified atom stereocenters. The molecule has 0 fully saturated rings. The van der Waals surface area contributed by atoms with E-state index < -0.39 is 52.1 Å². The van der Waals surface area contributed by atoms with E-state index in [2.05, 4.69) is 4.98 Å². The summed E-state index contributed by atoms with van der Waals surface area (Å²) in [6, 6.07) is 2.23. The van der Waals surface area contributed by atoms with Crippen molar-refractivity contribution < 1.29 is 32.3 Å². The second-order valence-electron chi connectivity index (χ2n) is 4.00. The number of rotatable bonds is 3. The van der Waals surface area contributed by atoms with Gasteiger partial charge in [-0.2, -0.15) is 0 Å². The molecule has 0 bridgehead atoms. The Hall–Kier alpha value is -2.97. The van der Waals surface area contributed by atoms with Gasteiger partial charge in [-0.05, 0) is 12.1 Å². The zero-order valence-electron chi connectivity index (χ0n) is 10.5. The third kappa shape index (κ3) is 2.73. The number of nitrogens with zero attached hydrogens (tertiary/aromatic N) is 1. The predicted octanol–water partition coefficient (Wildman–Crippen LogP) is 2.59. The average molecular weight is 314 g/mol. The predicted molar refractivity (Wildman–Crippen MR) is 65.4 cm³/mol. The number of anilines is 1. The van der Waals surface area contributed by atoms with Gasteiger partial charge in [0.25, 0.3) is 5.91 Å². The van der Waals surface area contributed by atoms with Crippen LogP contribution in [0.5, 0.6) is 0 Å². The third-order valence-corrected chi connectivity index (χ3v) is 2.60. The Morgan fingerprint density at radius 3 is 2.23 bits per heavy atom. The van der Waals surface area contributed by atoms with Crippen LogP contribution in [0.2, 0.25) is 0 Å². The van der Waals surface area contributed by atoms with Gasteiger partial charge in [0, 0.05) is 12.3 Å². The summed E-state index contributed by atoms with van der Waals surface area (Å²) in [6.45, 7) is 0. The molecule has 0 aliphatic rings. The number of nitrogens with one attached hydrogen (secondary N) is 1. The van der Waals surface area contributed by atoms with E-state index in [4.69, 9.17) is 5.11 Å². The minimum absolute atomic E-state index is 0.0240. The molecule has 1 amide bonds. The van der Waals surface area contributed by atoms with E-state index in [1.165, 1.54) is 6.07 Å². The highest BCUT2D eigenvalue weighted by Crippen LogP contribution is 2.24. The van der Waals surface area contributed by atoms with Crippen molar-refractivity contribution in [3.8, 4) is 0 Å². The highest BCUT2D eigenvalue weighted by atomic mass is 19.2. The number of hydrogen-bond donors (Lipinski definition) is 2. The summed E-state index contributed by atoms with van der Waals surface area (Å²) in [5, 5.41) is 10.5. The Kier molecular flexibility index (Phi) is 4.06. The number of halogens is 4. The van der Waals surface area contributed by atoms with E-state index in [1.807, 2.05) is 0 Å². The van der Waals surface area contributed by atoms with E-state index in [1.54, 1.807) is 5.32 Å². The summed E-state index contributed by atoms with van der Waals surface area (Å²) < 4.78 is 53.0. The fourth-order valence-electron chi connectivity index (χ4n) is 1.61. The second-order valence-corrected chi connectivity index (χ2v) is 4.00. The van der Waals surface area contributed by atoms with Crippen LogP contribution in [0, 0.1) is 23.3 Å². The summed E-state index contributed by atoms with van der Waals surface area (Å²) in [7, 11) is 0. The largest absolute Gasteiger partial charge is 0.478 e. The maximum absolute atomic E-state index is 13.4. The maximum atomic E-state index is 13.4. The molecule has 2 aromatic rings. The van der Waals surface area contributed by atoms with Crippen LogP contribution in [0.15, 0.2) is 24.4 Å². The van der Waals surface area contributed by atoms with Crippen LogP contribution < -0.4 is 5.32 Å². The molecule has 5 nitrogen and oxygen atoms in total. The first kappa shape index (κ1) is 15.4. The monoisotopic (exact) mass is 314 g/mol. The minimum Gasteiger partial charge on any atom is -0.478 e. The number of aromatic nitrogens is 1. The lowest BCUT2D eigenvalue weighted by atomic mass is 10.1. The van der Waals surface area contributed by atoms with E-state index in [0.717, 1.165) is 12.3 Å². The molecule has 0 saturated carbocycles. The number of carboxylic acid groups (broad SMARTS) is 1. The van der Waals surface area contributed by atoms with Crippen LogP contribution >= 0.6 is 0 Å². The van der Waals surface area contributed by atoms with Crippen molar-refractivity contribution in [2.45, 2.75) is 0 Å². The molecule has 0 aliphatic heterocycles. The highest BCUT2D eigenvalue weighted by Gasteiger charge is 2.24. The standard InChI is InChI=1S/C13H6F4N2O3/c14-6-4-7(15)9(17)11(8(6)16)19-12(20)10-5(13(21)22)2-1-3-18-10/h1-4H,(H,19,20)(H,21,22). The van der Waals surface area contributed by atoms with Crippen LogP contribution in [0.3, 0.4) is 0 Å². The first-order valence-electron chi connectivity index (χ1n) is 5.65.